The Morgan fingerprint density at radius 3 is 1.94 bits per heavy atom. The maximum atomic E-state index is 12.8. The molecule has 0 spiro atoms. The van der Waals surface area contributed by atoms with Crippen molar-refractivity contribution in [3.63, 3.8) is 0 Å². The van der Waals surface area contributed by atoms with Gasteiger partial charge in [0.1, 0.15) is 90.8 Å². The lowest BCUT2D eigenvalue weighted by Crippen LogP contribution is -2.64. The number of aliphatic hydroxyl groups is 11. The van der Waals surface area contributed by atoms with Crippen LogP contribution in [-0.2, 0) is 33.2 Å². The van der Waals surface area contributed by atoms with Gasteiger partial charge in [-0.1, -0.05) is 6.07 Å². The fourth-order valence-corrected chi connectivity index (χ4v) is 7.63. The highest BCUT2D eigenvalue weighted by Gasteiger charge is 2.53. The number of methoxy groups -OCH3 is 1. The van der Waals surface area contributed by atoms with Crippen molar-refractivity contribution in [1.29, 1.82) is 0 Å². The van der Waals surface area contributed by atoms with Gasteiger partial charge < -0.3 is 114 Å². The van der Waals surface area contributed by atoms with Crippen LogP contribution in [-0.4, -0.2) is 201 Å². The summed E-state index contributed by atoms with van der Waals surface area (Å²) in [6.45, 7) is -2.40. The second-order valence-corrected chi connectivity index (χ2v) is 15.9. The van der Waals surface area contributed by atoms with Crippen molar-refractivity contribution in [3.8, 4) is 40.2 Å². The Morgan fingerprint density at radius 1 is 0.657 bits per heavy atom. The van der Waals surface area contributed by atoms with E-state index in [0.717, 1.165) is 12.1 Å². The fraction of sp³-hybridized carbons (Fsp3) is 0.465. The number of phenolic OH excluding ortho intramolecular Hbond substituents is 4. The number of esters is 1. The molecular formula is C43H51O24+. The lowest BCUT2D eigenvalue weighted by molar-refractivity contribution is -0.364. The molecule has 0 saturated carbocycles. The van der Waals surface area contributed by atoms with E-state index in [1.165, 1.54) is 61.7 Å². The van der Waals surface area contributed by atoms with E-state index in [1.807, 2.05) is 0 Å². The molecule has 7 rings (SSSR count). The Hall–Kier alpha value is -5.55. The zero-order valence-corrected chi connectivity index (χ0v) is 35.1. The van der Waals surface area contributed by atoms with Crippen LogP contribution in [0, 0.1) is 0 Å². The van der Waals surface area contributed by atoms with Crippen molar-refractivity contribution in [2.45, 2.75) is 98.2 Å². The molecule has 4 aliphatic heterocycles. The van der Waals surface area contributed by atoms with Crippen LogP contribution in [0.4, 0.5) is 0 Å². The third kappa shape index (κ3) is 10.5. The van der Waals surface area contributed by atoms with Crippen molar-refractivity contribution in [2.24, 2.45) is 0 Å². The quantitative estimate of drug-likeness (QED) is 0.0330. The van der Waals surface area contributed by atoms with Gasteiger partial charge in [-0.3, -0.25) is 0 Å². The van der Waals surface area contributed by atoms with Gasteiger partial charge in [0.2, 0.25) is 12.6 Å². The van der Waals surface area contributed by atoms with E-state index in [0.29, 0.717) is 5.56 Å². The first-order chi connectivity index (χ1) is 31.9. The topological polar surface area (TPSA) is 387 Å². The number of ether oxygens (including phenoxy) is 9. The molecule has 1 unspecified atom stereocenters. The summed E-state index contributed by atoms with van der Waals surface area (Å²) in [5.74, 6) is -3.01. The molecule has 67 heavy (non-hydrogen) atoms. The molecule has 0 aliphatic carbocycles. The molecule has 4 heterocycles. The molecule has 16 atom stereocenters. The van der Waals surface area contributed by atoms with Gasteiger partial charge in [-0.15, -0.1) is 0 Å². The van der Waals surface area contributed by atoms with Crippen LogP contribution in [0.15, 0.2) is 60.4 Å². The van der Waals surface area contributed by atoms with Gasteiger partial charge in [0.25, 0.3) is 11.9 Å². The van der Waals surface area contributed by atoms with Crippen molar-refractivity contribution in [2.75, 3.05) is 26.9 Å². The molecule has 0 amide bonds. The Labute approximate surface area is 379 Å². The molecule has 0 bridgehead atoms. The third-order valence-corrected chi connectivity index (χ3v) is 11.4. The van der Waals surface area contributed by atoms with E-state index in [4.69, 9.17) is 42.6 Å². The van der Waals surface area contributed by atoms with Gasteiger partial charge in [0, 0.05) is 18.2 Å². The predicted molar refractivity (Wildman–Crippen MR) is 220 cm³/mol. The van der Waals surface area contributed by atoms with Crippen LogP contribution < -0.4 is 9.47 Å². The summed E-state index contributed by atoms with van der Waals surface area (Å²) in [4.78, 5) is 12.8. The van der Waals surface area contributed by atoms with E-state index < -0.39 is 141 Å². The third-order valence-electron chi connectivity index (χ3n) is 11.4. The first kappa shape index (κ1) is 49.4. The summed E-state index contributed by atoms with van der Waals surface area (Å²) in [7, 11) is 1.28. The van der Waals surface area contributed by atoms with Crippen molar-refractivity contribution in [1.82, 2.24) is 0 Å². The lowest BCUT2D eigenvalue weighted by Gasteiger charge is -2.46. The smallest absolute Gasteiger partial charge is 0.330 e. The minimum Gasteiger partial charge on any atom is -0.571 e. The number of carbonyl (C=O) groups is 1. The zero-order chi connectivity index (χ0) is 48.4. The molecule has 366 valence electrons. The van der Waals surface area contributed by atoms with Crippen molar-refractivity contribution >= 4 is 18.1 Å². The van der Waals surface area contributed by atoms with Crippen LogP contribution in [0.3, 0.4) is 0 Å². The SMILES string of the molecule is COc1cc(C2[OH+]c3cc(O)cc(O[C@@H]4O[C@H](CO)[C@@H](O)[C@H](O)[C@H]4O)c3C=C2O[C@@H]2O[C@H](COC(=O)/C=C/c3ccc(O)c(O)c3)[C@@H](O)[C@H](O)[C@H]2O[C@@H]2O[C@H](CO)[C@@H](O)[C@H](O)[C@H]2O)ccc1O. The van der Waals surface area contributed by atoms with Crippen LogP contribution in [0.1, 0.15) is 22.8 Å². The number of fused-ring (bicyclic) bond motifs is 1. The first-order valence-electron chi connectivity index (χ1n) is 20.6. The first-order valence-corrected chi connectivity index (χ1v) is 20.6. The minimum atomic E-state index is -2.06. The largest absolute Gasteiger partial charge is 0.571 e. The van der Waals surface area contributed by atoms with E-state index in [9.17, 15) is 76.3 Å². The monoisotopic (exact) mass is 951 g/mol. The molecule has 4 aliphatic rings. The molecule has 24 heteroatoms. The predicted octanol–water partition coefficient (Wildman–Crippen LogP) is -3.06. The normalized spacial score (nSPS) is 34.1. The van der Waals surface area contributed by atoms with Crippen molar-refractivity contribution in [3.05, 3.63) is 77.1 Å². The highest BCUT2D eigenvalue weighted by molar-refractivity contribution is 5.87. The maximum Gasteiger partial charge on any atom is 0.330 e. The number of phenols is 4. The van der Waals surface area contributed by atoms with E-state index in [-0.39, 0.29) is 39.9 Å². The second-order valence-electron chi connectivity index (χ2n) is 15.9. The van der Waals surface area contributed by atoms with Gasteiger partial charge in [-0.25, -0.2) is 4.79 Å². The molecule has 3 aromatic rings. The van der Waals surface area contributed by atoms with Gasteiger partial charge in [-0.2, -0.15) is 0 Å². The average Bonchev–Trinajstić information content (AvgIpc) is 3.31. The molecule has 3 aromatic carbocycles. The van der Waals surface area contributed by atoms with Gasteiger partial charge >= 0.3 is 5.97 Å². The highest BCUT2D eigenvalue weighted by atomic mass is 16.8. The molecular weight excluding hydrogens is 900 g/mol. The summed E-state index contributed by atoms with van der Waals surface area (Å²) < 4.78 is 50.8. The second kappa shape index (κ2) is 20.8. The molecule has 24 nitrogen and oxygen atoms in total. The number of rotatable bonds is 14. The zero-order valence-electron chi connectivity index (χ0n) is 35.1. The van der Waals surface area contributed by atoms with Gasteiger partial charge in [0.15, 0.2) is 41.2 Å². The van der Waals surface area contributed by atoms with Crippen molar-refractivity contribution < 1.29 is 119 Å². The maximum absolute atomic E-state index is 12.8. The van der Waals surface area contributed by atoms with E-state index >= 15 is 0 Å². The average molecular weight is 952 g/mol. The summed E-state index contributed by atoms with van der Waals surface area (Å²) in [6.07, 6.45) is -25.0. The number of aliphatic hydroxyl groups excluding tert-OH is 10. The molecule has 3 saturated heterocycles. The van der Waals surface area contributed by atoms with Gasteiger partial charge in [0.05, 0.1) is 32.0 Å². The van der Waals surface area contributed by atoms with Gasteiger partial charge in [-0.05, 0) is 42.0 Å². The number of benzene rings is 3. The Morgan fingerprint density at radius 2 is 1.28 bits per heavy atom. The summed E-state index contributed by atoms with van der Waals surface area (Å²) >= 11 is 0. The van der Waals surface area contributed by atoms with Crippen LogP contribution >= 0.6 is 0 Å². The Bertz CT molecular complexity index is 2270. The summed E-state index contributed by atoms with van der Waals surface area (Å²) in [5, 5.41) is 147. The Kier molecular flexibility index (Phi) is 15.3. The summed E-state index contributed by atoms with van der Waals surface area (Å²) in [6, 6.07) is 10.1. The number of hydrogen-bond donors (Lipinski definition) is 14. The van der Waals surface area contributed by atoms with E-state index in [2.05, 4.69) is 0 Å². The fourth-order valence-electron chi connectivity index (χ4n) is 7.63. The highest BCUT2D eigenvalue weighted by Crippen LogP contribution is 2.48. The number of aromatic hydroxyl groups is 5. The molecule has 3 fully saturated rings. The van der Waals surface area contributed by atoms with E-state index in [1.54, 1.807) is 0 Å². The van der Waals surface area contributed by atoms with Crippen LogP contribution in [0.5, 0.6) is 40.2 Å². The minimum absolute atomic E-state index is 0.00811. The van der Waals surface area contributed by atoms with Crippen LogP contribution in [0.2, 0.25) is 0 Å². The number of carbonyl (C=O) groups excluding carboxylic acids is 1. The van der Waals surface area contributed by atoms with Crippen LogP contribution in [0.25, 0.3) is 12.2 Å². The Balaban J connectivity index is 1.25. The summed E-state index contributed by atoms with van der Waals surface area (Å²) in [5.41, 5.74) is 0.561. The molecule has 0 radical (unpaired) electrons. The molecule has 0 aromatic heterocycles. The molecule has 15 N–H and O–H groups in total. The lowest BCUT2D eigenvalue weighted by atomic mass is 9.97. The standard InChI is InChI=1S/C43H50O24/c1-59-25-9-17(4-6-21(25)48)39-26(12-19-23(61-39)10-18(46)11-24(19)62-41-37(57)34(54)31(51)27(13-44)64-41)63-43-40(67-42-38(58)35(55)32(52)28(14-45)65-42)36(56)33(53)29(66-43)15-60-30(50)7-3-16-2-5-20(47)22(49)8-16/h2-12,27-29,31-49,51-58H,13-15H2,1H3/p+1/b7-3+/t27-,28-,29-,31-,32-,33-,34+,35+,36+,37-,38-,39?,40-,41-,42+,43-/m1/s1. The number of hydrogen-bond acceptors (Lipinski definition) is 23.